The van der Waals surface area contributed by atoms with E-state index < -0.39 is 29.7 Å². The minimum Gasteiger partial charge on any atom is -0.508 e. The minimum atomic E-state index is -1.02. The van der Waals surface area contributed by atoms with Gasteiger partial charge < -0.3 is 25.4 Å². The van der Waals surface area contributed by atoms with Crippen molar-refractivity contribution in [3.8, 4) is 18.1 Å². The monoisotopic (exact) mass is 547 g/mol. The molecule has 2 aromatic rings. The maximum absolute atomic E-state index is 14.5. The third-order valence-corrected chi connectivity index (χ3v) is 6.85. The lowest BCUT2D eigenvalue weighted by Crippen LogP contribution is -2.58. The Morgan fingerprint density at radius 2 is 1.80 bits per heavy atom. The standard InChI is InChI=1S/C32H41N3O5/c1-6-8-20-33-29(37)28(26-15-10-9-12-23(26)7-2)35(24-13-11-14-24)30(38)27(34-31(39)40-32(3,4)5)21-22-16-18-25(36)19-17-22/h2,9-10,12,15-19,24,27-28,36H,6,8,11,13-14,20-21H2,1,3-5H3,(H,33,37)(H,34,39). The summed E-state index contributed by atoms with van der Waals surface area (Å²) >= 11 is 0. The minimum absolute atomic E-state index is 0.0949. The van der Waals surface area contributed by atoms with Gasteiger partial charge in [-0.25, -0.2) is 4.79 Å². The van der Waals surface area contributed by atoms with Crippen molar-refractivity contribution >= 4 is 17.9 Å². The molecule has 0 saturated heterocycles. The number of phenols is 1. The topological polar surface area (TPSA) is 108 Å². The van der Waals surface area contributed by atoms with Crippen LogP contribution in [-0.2, 0) is 20.7 Å². The van der Waals surface area contributed by atoms with Crippen LogP contribution >= 0.6 is 0 Å². The van der Waals surface area contributed by atoms with Crippen LogP contribution in [0.2, 0.25) is 0 Å². The number of benzene rings is 2. The molecule has 40 heavy (non-hydrogen) atoms. The molecule has 214 valence electrons. The molecule has 3 N–H and O–H groups in total. The van der Waals surface area contributed by atoms with E-state index in [0.29, 0.717) is 17.7 Å². The molecule has 2 unspecified atom stereocenters. The van der Waals surface area contributed by atoms with Gasteiger partial charge in [-0.05, 0) is 75.8 Å². The number of ether oxygens (including phenoxy) is 1. The first-order chi connectivity index (χ1) is 19.0. The molecule has 3 amide bonds. The van der Waals surface area contributed by atoms with Crippen LogP contribution in [0.25, 0.3) is 0 Å². The van der Waals surface area contributed by atoms with Crippen LogP contribution in [-0.4, -0.2) is 52.1 Å². The highest BCUT2D eigenvalue weighted by Crippen LogP contribution is 2.35. The number of alkyl carbamates (subject to hydrolysis) is 1. The van der Waals surface area contributed by atoms with Crippen molar-refractivity contribution < 1.29 is 24.2 Å². The largest absolute Gasteiger partial charge is 0.508 e. The molecule has 1 aliphatic carbocycles. The second-order valence-electron chi connectivity index (χ2n) is 11.2. The molecule has 1 saturated carbocycles. The molecule has 2 atom stereocenters. The number of hydrogen-bond donors (Lipinski definition) is 3. The Morgan fingerprint density at radius 3 is 2.38 bits per heavy atom. The maximum Gasteiger partial charge on any atom is 0.408 e. The fraction of sp³-hybridized carbons (Fsp3) is 0.469. The van der Waals surface area contributed by atoms with Crippen molar-refractivity contribution in [2.45, 2.75) is 89.9 Å². The molecule has 8 heteroatoms. The first kappa shape index (κ1) is 30.6. The van der Waals surface area contributed by atoms with Crippen molar-refractivity contribution in [3.63, 3.8) is 0 Å². The summed E-state index contributed by atoms with van der Waals surface area (Å²) in [6.45, 7) is 7.76. The smallest absolute Gasteiger partial charge is 0.408 e. The number of unbranched alkanes of at least 4 members (excludes halogenated alkanes) is 1. The Labute approximate surface area is 237 Å². The Bertz CT molecular complexity index is 1210. The fourth-order valence-corrected chi connectivity index (χ4v) is 4.65. The van der Waals surface area contributed by atoms with Gasteiger partial charge in [0.1, 0.15) is 23.4 Å². The molecule has 0 aliphatic heterocycles. The van der Waals surface area contributed by atoms with Gasteiger partial charge in [-0.1, -0.05) is 49.6 Å². The summed E-state index contributed by atoms with van der Waals surface area (Å²) in [5.74, 6) is 2.06. The van der Waals surface area contributed by atoms with Crippen LogP contribution in [0.3, 0.4) is 0 Å². The fourth-order valence-electron chi connectivity index (χ4n) is 4.65. The van der Waals surface area contributed by atoms with Gasteiger partial charge in [-0.15, -0.1) is 6.42 Å². The van der Waals surface area contributed by atoms with Gasteiger partial charge in [-0.2, -0.15) is 0 Å². The number of carbonyl (C=O) groups excluding carboxylic acids is 3. The van der Waals surface area contributed by atoms with Gasteiger partial charge >= 0.3 is 6.09 Å². The summed E-state index contributed by atoms with van der Waals surface area (Å²) in [5, 5.41) is 15.5. The molecule has 0 aromatic heterocycles. The van der Waals surface area contributed by atoms with E-state index in [1.54, 1.807) is 62.1 Å². The molecule has 1 fully saturated rings. The van der Waals surface area contributed by atoms with Crippen molar-refractivity contribution in [2.75, 3.05) is 6.54 Å². The van der Waals surface area contributed by atoms with Crippen LogP contribution in [0.1, 0.15) is 82.5 Å². The molecule has 8 nitrogen and oxygen atoms in total. The van der Waals surface area contributed by atoms with Crippen molar-refractivity contribution in [1.29, 1.82) is 0 Å². The zero-order valence-corrected chi connectivity index (χ0v) is 23.9. The Balaban J connectivity index is 2.06. The number of phenolic OH excluding ortho intramolecular Hbond substituents is 1. The van der Waals surface area contributed by atoms with Gasteiger partial charge in [0.2, 0.25) is 11.8 Å². The second kappa shape index (κ2) is 13.9. The van der Waals surface area contributed by atoms with Crippen molar-refractivity contribution in [3.05, 3.63) is 65.2 Å². The van der Waals surface area contributed by atoms with Crippen molar-refractivity contribution in [1.82, 2.24) is 15.5 Å². The number of aromatic hydroxyl groups is 1. The van der Waals surface area contributed by atoms with Gasteiger partial charge in [0.25, 0.3) is 0 Å². The van der Waals surface area contributed by atoms with Crippen LogP contribution in [0, 0.1) is 12.3 Å². The number of nitrogens with one attached hydrogen (secondary N) is 2. The van der Waals surface area contributed by atoms with Crippen LogP contribution in [0.15, 0.2) is 48.5 Å². The lowest BCUT2D eigenvalue weighted by Gasteiger charge is -2.44. The quantitative estimate of drug-likeness (QED) is 0.275. The van der Waals surface area contributed by atoms with E-state index in [0.717, 1.165) is 37.7 Å². The van der Waals surface area contributed by atoms with E-state index in [2.05, 4.69) is 16.6 Å². The van der Waals surface area contributed by atoms with Crippen LogP contribution in [0.5, 0.6) is 5.75 Å². The van der Waals surface area contributed by atoms with E-state index in [1.165, 1.54) is 12.1 Å². The summed E-state index contributed by atoms with van der Waals surface area (Å²) in [4.78, 5) is 42.8. The summed E-state index contributed by atoms with van der Waals surface area (Å²) < 4.78 is 5.48. The molecule has 0 bridgehead atoms. The van der Waals surface area contributed by atoms with E-state index in [-0.39, 0.29) is 24.1 Å². The highest BCUT2D eigenvalue weighted by molar-refractivity contribution is 5.93. The molecule has 0 heterocycles. The molecule has 1 aliphatic rings. The molecule has 2 aromatic carbocycles. The summed E-state index contributed by atoms with van der Waals surface area (Å²) in [5.41, 5.74) is 1.07. The summed E-state index contributed by atoms with van der Waals surface area (Å²) in [7, 11) is 0. The van der Waals surface area contributed by atoms with Crippen LogP contribution < -0.4 is 10.6 Å². The lowest BCUT2D eigenvalue weighted by molar-refractivity contribution is -0.147. The van der Waals surface area contributed by atoms with E-state index >= 15 is 0 Å². The van der Waals surface area contributed by atoms with E-state index in [1.807, 2.05) is 6.92 Å². The number of hydrogen-bond acceptors (Lipinski definition) is 5. The number of nitrogens with zero attached hydrogens (tertiary/aromatic N) is 1. The van der Waals surface area contributed by atoms with E-state index in [4.69, 9.17) is 11.2 Å². The predicted molar refractivity (Wildman–Crippen MR) is 154 cm³/mol. The average molecular weight is 548 g/mol. The zero-order valence-electron chi connectivity index (χ0n) is 23.9. The first-order valence-corrected chi connectivity index (χ1v) is 14.0. The zero-order chi connectivity index (χ0) is 29.3. The molecular formula is C32H41N3O5. The molecular weight excluding hydrogens is 506 g/mol. The highest BCUT2D eigenvalue weighted by Gasteiger charge is 2.42. The Hall–Kier alpha value is -3.99. The molecule has 3 rings (SSSR count). The van der Waals surface area contributed by atoms with Crippen LogP contribution in [0.4, 0.5) is 4.79 Å². The average Bonchev–Trinajstić information content (AvgIpc) is 2.87. The number of rotatable bonds is 11. The lowest BCUT2D eigenvalue weighted by atomic mass is 9.87. The predicted octanol–water partition coefficient (Wildman–Crippen LogP) is 4.85. The van der Waals surface area contributed by atoms with E-state index in [9.17, 15) is 19.5 Å². The Morgan fingerprint density at radius 1 is 1.12 bits per heavy atom. The summed E-state index contributed by atoms with van der Waals surface area (Å²) in [6.07, 6.45) is 9.35. The molecule has 0 radical (unpaired) electrons. The van der Waals surface area contributed by atoms with Gasteiger partial charge in [0, 0.05) is 24.6 Å². The third-order valence-electron chi connectivity index (χ3n) is 6.85. The highest BCUT2D eigenvalue weighted by atomic mass is 16.6. The molecule has 0 spiro atoms. The number of amides is 3. The van der Waals surface area contributed by atoms with Crippen molar-refractivity contribution in [2.24, 2.45) is 0 Å². The van der Waals surface area contributed by atoms with Gasteiger partial charge in [-0.3, -0.25) is 9.59 Å². The van der Waals surface area contributed by atoms with Gasteiger partial charge in [0.05, 0.1) is 0 Å². The number of terminal acetylenes is 1. The second-order valence-corrected chi connectivity index (χ2v) is 11.2. The first-order valence-electron chi connectivity index (χ1n) is 14.0. The SMILES string of the molecule is C#Cc1ccccc1C(C(=O)NCCCC)N(C(=O)C(Cc1ccc(O)cc1)NC(=O)OC(C)(C)C)C1CCC1. The van der Waals surface area contributed by atoms with Gasteiger partial charge in [0.15, 0.2) is 0 Å². The normalized spacial score (nSPS) is 14.7. The maximum atomic E-state index is 14.5. The number of carbonyl (C=O) groups is 3. The Kier molecular flexibility index (Phi) is 10.6. The third kappa shape index (κ3) is 8.25. The summed E-state index contributed by atoms with van der Waals surface area (Å²) in [6, 6.07) is 11.4.